The fraction of sp³-hybridized carbons (Fsp3) is 0.769. The Morgan fingerprint density at radius 1 is 1.42 bits per heavy atom. The second-order valence-corrected chi connectivity index (χ2v) is 5.55. The molecule has 1 aromatic rings. The summed E-state index contributed by atoms with van der Waals surface area (Å²) in [5.41, 5.74) is 5.64. The van der Waals surface area contributed by atoms with Crippen LogP contribution in [0, 0.1) is 5.41 Å². The first kappa shape index (κ1) is 15.6. The maximum Gasteiger partial charge on any atom is 0.293 e. The number of hydrogen-bond acceptors (Lipinski definition) is 4. The molecule has 1 rings (SSSR count). The molecule has 0 aliphatic rings. The fourth-order valence-corrected chi connectivity index (χ4v) is 1.79. The van der Waals surface area contributed by atoms with Crippen molar-refractivity contribution in [1.82, 2.24) is 20.1 Å². The van der Waals surface area contributed by atoms with E-state index in [-0.39, 0.29) is 17.1 Å². The van der Waals surface area contributed by atoms with Crippen LogP contribution in [0.5, 0.6) is 0 Å². The van der Waals surface area contributed by atoms with Gasteiger partial charge in [-0.2, -0.15) is 0 Å². The number of nitrogens with one attached hydrogen (secondary N) is 1. The summed E-state index contributed by atoms with van der Waals surface area (Å²) in [5.74, 6) is 0.857. The highest BCUT2D eigenvalue weighted by Gasteiger charge is 2.26. The third-order valence-corrected chi connectivity index (χ3v) is 3.01. The van der Waals surface area contributed by atoms with Crippen LogP contribution < -0.4 is 5.73 Å². The number of H-pyrrole nitrogens is 1. The lowest BCUT2D eigenvalue weighted by Crippen LogP contribution is -2.42. The van der Waals surface area contributed by atoms with E-state index in [0.29, 0.717) is 19.6 Å². The molecule has 6 nitrogen and oxygen atoms in total. The Morgan fingerprint density at radius 3 is 2.58 bits per heavy atom. The molecule has 0 bridgehead atoms. The molecule has 1 aromatic heterocycles. The van der Waals surface area contributed by atoms with E-state index in [1.807, 2.05) is 13.8 Å². The van der Waals surface area contributed by atoms with Gasteiger partial charge in [-0.25, -0.2) is 4.98 Å². The minimum absolute atomic E-state index is 0.102. The van der Waals surface area contributed by atoms with Crippen molar-refractivity contribution in [2.45, 2.75) is 40.5 Å². The topological polar surface area (TPSA) is 87.9 Å². The van der Waals surface area contributed by atoms with Gasteiger partial charge in [0, 0.05) is 19.5 Å². The van der Waals surface area contributed by atoms with Crippen LogP contribution in [0.1, 0.15) is 50.6 Å². The zero-order valence-corrected chi connectivity index (χ0v) is 12.4. The largest absolute Gasteiger partial charge is 0.335 e. The molecule has 0 saturated carbocycles. The van der Waals surface area contributed by atoms with Gasteiger partial charge < -0.3 is 10.6 Å². The van der Waals surface area contributed by atoms with Crippen molar-refractivity contribution in [1.29, 1.82) is 0 Å². The number of aromatic nitrogens is 3. The Hall–Kier alpha value is -1.43. The smallest absolute Gasteiger partial charge is 0.293 e. The van der Waals surface area contributed by atoms with E-state index >= 15 is 0 Å². The molecule has 0 saturated heterocycles. The normalized spacial score (nSPS) is 11.6. The number of carbonyl (C=O) groups is 1. The second-order valence-electron chi connectivity index (χ2n) is 5.55. The zero-order valence-electron chi connectivity index (χ0n) is 12.4. The van der Waals surface area contributed by atoms with E-state index in [2.05, 4.69) is 29.0 Å². The molecule has 19 heavy (non-hydrogen) atoms. The van der Waals surface area contributed by atoms with Crippen LogP contribution in [0.4, 0.5) is 0 Å². The first-order valence-electron chi connectivity index (χ1n) is 6.84. The minimum atomic E-state index is -0.126. The summed E-state index contributed by atoms with van der Waals surface area (Å²) < 4.78 is 0. The number of nitrogens with two attached hydrogens (primary N) is 1. The number of aryl methyl sites for hydroxylation is 1. The van der Waals surface area contributed by atoms with Crippen LogP contribution in [-0.2, 0) is 6.42 Å². The van der Waals surface area contributed by atoms with Crippen LogP contribution in [0.3, 0.4) is 0 Å². The molecule has 0 aromatic carbocycles. The first-order valence-corrected chi connectivity index (χ1v) is 6.84. The summed E-state index contributed by atoms with van der Waals surface area (Å²) in [6, 6.07) is 0. The molecule has 1 amide bonds. The van der Waals surface area contributed by atoms with Crippen LogP contribution in [0.25, 0.3) is 0 Å². The maximum atomic E-state index is 12.4. The molecule has 0 atom stereocenters. The molecule has 6 heteroatoms. The lowest BCUT2D eigenvalue weighted by Gasteiger charge is -2.31. The van der Waals surface area contributed by atoms with Gasteiger partial charge in [0.25, 0.3) is 5.91 Å². The number of carbonyl (C=O) groups excluding carboxylic acids is 1. The molecule has 0 aliphatic heterocycles. The third kappa shape index (κ3) is 4.31. The summed E-state index contributed by atoms with van der Waals surface area (Å²) in [6.07, 6.45) is 1.64. The maximum absolute atomic E-state index is 12.4. The van der Waals surface area contributed by atoms with E-state index in [1.165, 1.54) is 0 Å². The average molecular weight is 267 g/mol. The fourth-order valence-electron chi connectivity index (χ4n) is 1.79. The van der Waals surface area contributed by atoms with Crippen molar-refractivity contribution in [3.63, 3.8) is 0 Å². The molecule has 108 valence electrons. The molecule has 3 N–H and O–H groups in total. The lowest BCUT2D eigenvalue weighted by molar-refractivity contribution is 0.0677. The quantitative estimate of drug-likeness (QED) is 0.777. The van der Waals surface area contributed by atoms with Crippen molar-refractivity contribution in [2.24, 2.45) is 11.1 Å². The van der Waals surface area contributed by atoms with Crippen molar-refractivity contribution in [2.75, 3.05) is 19.6 Å². The van der Waals surface area contributed by atoms with Gasteiger partial charge >= 0.3 is 0 Å². The second kappa shape index (κ2) is 6.65. The number of nitrogens with zero attached hydrogens (tertiary/aromatic N) is 3. The Labute approximate surface area is 114 Å². The summed E-state index contributed by atoms with van der Waals surface area (Å²) >= 11 is 0. The Morgan fingerprint density at radius 2 is 2.11 bits per heavy atom. The van der Waals surface area contributed by atoms with E-state index in [4.69, 9.17) is 5.73 Å². The Kier molecular flexibility index (Phi) is 5.47. The monoisotopic (exact) mass is 267 g/mol. The summed E-state index contributed by atoms with van der Waals surface area (Å²) in [7, 11) is 0. The number of rotatable bonds is 7. The predicted octanol–water partition coefficient (Wildman–Crippen LogP) is 1.20. The van der Waals surface area contributed by atoms with Crippen LogP contribution in [-0.4, -0.2) is 45.6 Å². The SMILES string of the molecule is CCCN(CC(C)(C)CN)C(=O)c1n[nH]c(CC)n1. The molecule has 0 fully saturated rings. The summed E-state index contributed by atoms with van der Waals surface area (Å²) in [4.78, 5) is 18.4. The van der Waals surface area contributed by atoms with Gasteiger partial charge in [0.15, 0.2) is 0 Å². The van der Waals surface area contributed by atoms with Crippen molar-refractivity contribution in [3.05, 3.63) is 11.6 Å². The number of amides is 1. The average Bonchev–Trinajstić information content (AvgIpc) is 2.86. The molecule has 1 heterocycles. The predicted molar refractivity (Wildman–Crippen MR) is 74.8 cm³/mol. The Bertz CT molecular complexity index is 413. The highest BCUT2D eigenvalue weighted by atomic mass is 16.2. The van der Waals surface area contributed by atoms with E-state index in [0.717, 1.165) is 18.7 Å². The summed E-state index contributed by atoms with van der Waals surface area (Å²) in [6.45, 7) is 9.97. The van der Waals surface area contributed by atoms with E-state index in [9.17, 15) is 4.79 Å². The Balaban J connectivity index is 2.83. The molecule has 0 aliphatic carbocycles. The molecule has 0 radical (unpaired) electrons. The highest BCUT2D eigenvalue weighted by Crippen LogP contribution is 2.16. The van der Waals surface area contributed by atoms with Crippen molar-refractivity contribution in [3.8, 4) is 0 Å². The molecular formula is C13H25N5O. The van der Waals surface area contributed by atoms with Gasteiger partial charge in [0.1, 0.15) is 5.82 Å². The zero-order chi connectivity index (χ0) is 14.5. The number of aromatic amines is 1. The van der Waals surface area contributed by atoms with Gasteiger partial charge in [-0.3, -0.25) is 9.89 Å². The standard InChI is InChI=1S/C13H25N5O/c1-5-7-18(9-13(3,4)8-14)12(19)11-15-10(6-2)16-17-11/h5-9,14H2,1-4H3,(H,15,16,17). The van der Waals surface area contributed by atoms with Crippen molar-refractivity contribution >= 4 is 5.91 Å². The minimum Gasteiger partial charge on any atom is -0.335 e. The van der Waals surface area contributed by atoms with Gasteiger partial charge in [0.05, 0.1) is 0 Å². The highest BCUT2D eigenvalue weighted by molar-refractivity contribution is 5.90. The molecule has 0 spiro atoms. The summed E-state index contributed by atoms with van der Waals surface area (Å²) in [5, 5.41) is 6.76. The molecule has 0 unspecified atom stereocenters. The van der Waals surface area contributed by atoms with Gasteiger partial charge in [0.2, 0.25) is 5.82 Å². The molecular weight excluding hydrogens is 242 g/mol. The van der Waals surface area contributed by atoms with E-state index in [1.54, 1.807) is 4.90 Å². The van der Waals surface area contributed by atoms with Crippen LogP contribution >= 0.6 is 0 Å². The van der Waals surface area contributed by atoms with E-state index < -0.39 is 0 Å². The third-order valence-electron chi connectivity index (χ3n) is 3.01. The van der Waals surface area contributed by atoms with Crippen molar-refractivity contribution < 1.29 is 4.79 Å². The first-order chi connectivity index (χ1) is 8.93. The van der Waals surface area contributed by atoms with Gasteiger partial charge in [-0.15, -0.1) is 5.10 Å². The number of hydrogen-bond donors (Lipinski definition) is 2. The van der Waals surface area contributed by atoms with Crippen LogP contribution in [0.2, 0.25) is 0 Å². The van der Waals surface area contributed by atoms with Crippen LogP contribution in [0.15, 0.2) is 0 Å². The lowest BCUT2D eigenvalue weighted by atomic mass is 9.93. The van der Waals surface area contributed by atoms with Gasteiger partial charge in [-0.1, -0.05) is 27.7 Å². The van der Waals surface area contributed by atoms with Gasteiger partial charge in [-0.05, 0) is 18.4 Å².